The summed E-state index contributed by atoms with van der Waals surface area (Å²) in [6.45, 7) is 2.16. The lowest BCUT2D eigenvalue weighted by Crippen LogP contribution is -2.14. The molecule has 2 aromatic carbocycles. The van der Waals surface area contributed by atoms with Crippen LogP contribution in [-0.2, 0) is 11.4 Å². The van der Waals surface area contributed by atoms with Gasteiger partial charge in [-0.1, -0.05) is 41.1 Å². The van der Waals surface area contributed by atoms with Crippen LogP contribution in [0.15, 0.2) is 52.1 Å². The van der Waals surface area contributed by atoms with E-state index in [1.807, 2.05) is 31.2 Å². The third-order valence-corrected chi connectivity index (χ3v) is 4.65. The lowest BCUT2D eigenvalue weighted by molar-refractivity contribution is -0.113. The zero-order valence-corrected chi connectivity index (χ0v) is 16.8. The Morgan fingerprint density at radius 3 is 2.75 bits per heavy atom. The van der Waals surface area contributed by atoms with Crippen LogP contribution in [0.25, 0.3) is 0 Å². The number of amides is 1. The van der Waals surface area contributed by atoms with Gasteiger partial charge in [-0.3, -0.25) is 4.79 Å². The van der Waals surface area contributed by atoms with Crippen molar-refractivity contribution in [3.05, 3.63) is 58.9 Å². The number of halogens is 1. The Morgan fingerprint density at radius 1 is 1.21 bits per heavy atom. The van der Waals surface area contributed by atoms with Crippen molar-refractivity contribution in [2.45, 2.75) is 18.8 Å². The molecular weight excluding hydrogens is 402 g/mol. The number of anilines is 1. The molecule has 28 heavy (non-hydrogen) atoms. The second-order valence-electron chi connectivity index (χ2n) is 5.74. The van der Waals surface area contributed by atoms with Crippen LogP contribution in [-0.4, -0.2) is 29.0 Å². The third kappa shape index (κ3) is 5.64. The van der Waals surface area contributed by atoms with Crippen molar-refractivity contribution in [3.8, 4) is 11.5 Å². The van der Waals surface area contributed by atoms with Crippen molar-refractivity contribution in [1.82, 2.24) is 10.2 Å². The van der Waals surface area contributed by atoms with Gasteiger partial charge in [-0.05, 0) is 37.3 Å². The average molecular weight is 420 g/mol. The molecule has 0 atom stereocenters. The first kappa shape index (κ1) is 20.0. The number of carbonyl (C=O) groups is 1. The Bertz CT molecular complexity index is 947. The Morgan fingerprint density at radius 2 is 2.00 bits per heavy atom. The monoisotopic (exact) mass is 419 g/mol. The second-order valence-corrected chi connectivity index (χ2v) is 7.11. The molecule has 3 rings (SSSR count). The van der Waals surface area contributed by atoms with Crippen molar-refractivity contribution in [3.63, 3.8) is 0 Å². The highest BCUT2D eigenvalue weighted by Crippen LogP contribution is 2.28. The molecule has 1 heterocycles. The van der Waals surface area contributed by atoms with E-state index in [-0.39, 0.29) is 23.5 Å². The molecule has 1 amide bonds. The summed E-state index contributed by atoms with van der Waals surface area (Å²) in [5.74, 6) is 1.42. The summed E-state index contributed by atoms with van der Waals surface area (Å²) in [5, 5.41) is 11.4. The van der Waals surface area contributed by atoms with E-state index in [1.54, 1.807) is 18.2 Å². The number of methoxy groups -OCH3 is 1. The van der Waals surface area contributed by atoms with Crippen LogP contribution < -0.4 is 14.8 Å². The molecule has 0 aliphatic heterocycles. The van der Waals surface area contributed by atoms with Crippen LogP contribution in [0.2, 0.25) is 5.02 Å². The van der Waals surface area contributed by atoms with Gasteiger partial charge in [0.05, 0.1) is 18.6 Å². The van der Waals surface area contributed by atoms with Gasteiger partial charge in [0, 0.05) is 5.02 Å². The fourth-order valence-corrected chi connectivity index (χ4v) is 2.98. The van der Waals surface area contributed by atoms with Crippen LogP contribution >= 0.6 is 23.4 Å². The van der Waals surface area contributed by atoms with E-state index in [9.17, 15) is 4.79 Å². The molecule has 0 saturated heterocycles. The number of hydrogen-bond acceptors (Lipinski definition) is 7. The van der Waals surface area contributed by atoms with Gasteiger partial charge < -0.3 is 19.2 Å². The van der Waals surface area contributed by atoms with Gasteiger partial charge >= 0.3 is 0 Å². The minimum Gasteiger partial charge on any atom is -0.495 e. The Kier molecular flexibility index (Phi) is 6.78. The van der Waals surface area contributed by atoms with Gasteiger partial charge in [-0.2, -0.15) is 0 Å². The number of aryl methyl sites for hydroxylation is 1. The van der Waals surface area contributed by atoms with Crippen molar-refractivity contribution < 1.29 is 18.7 Å². The molecule has 0 unspecified atom stereocenters. The van der Waals surface area contributed by atoms with E-state index in [0.29, 0.717) is 28.1 Å². The first-order valence-electron chi connectivity index (χ1n) is 8.31. The fourth-order valence-electron chi connectivity index (χ4n) is 2.23. The highest BCUT2D eigenvalue weighted by molar-refractivity contribution is 7.99. The standard InChI is InChI=1S/C19H18ClN3O4S/c1-12-3-6-14(7-4-12)26-10-18-22-23-19(27-18)28-11-17(24)21-15-9-13(20)5-8-16(15)25-2/h3-9H,10-11H2,1-2H3,(H,21,24). The van der Waals surface area contributed by atoms with Gasteiger partial charge in [0.2, 0.25) is 5.91 Å². The zero-order valence-electron chi connectivity index (χ0n) is 15.3. The molecule has 0 radical (unpaired) electrons. The minimum atomic E-state index is -0.249. The highest BCUT2D eigenvalue weighted by atomic mass is 35.5. The molecule has 0 aliphatic carbocycles. The van der Waals surface area contributed by atoms with Crippen molar-refractivity contribution in [1.29, 1.82) is 0 Å². The van der Waals surface area contributed by atoms with Gasteiger partial charge in [0.1, 0.15) is 11.5 Å². The molecule has 0 spiro atoms. The lowest BCUT2D eigenvalue weighted by atomic mass is 10.2. The van der Waals surface area contributed by atoms with E-state index in [0.717, 1.165) is 17.3 Å². The lowest BCUT2D eigenvalue weighted by Gasteiger charge is -2.09. The molecule has 9 heteroatoms. The summed E-state index contributed by atoms with van der Waals surface area (Å²) in [7, 11) is 1.52. The summed E-state index contributed by atoms with van der Waals surface area (Å²) in [6.07, 6.45) is 0. The number of rotatable bonds is 8. The fraction of sp³-hybridized carbons (Fsp3) is 0.211. The summed E-state index contributed by atoms with van der Waals surface area (Å²) < 4.78 is 16.3. The molecule has 1 aromatic heterocycles. The minimum absolute atomic E-state index is 0.0934. The first-order valence-corrected chi connectivity index (χ1v) is 9.68. The molecule has 146 valence electrons. The van der Waals surface area contributed by atoms with Crippen molar-refractivity contribution in [2.24, 2.45) is 0 Å². The number of carbonyl (C=O) groups excluding carboxylic acids is 1. The summed E-state index contributed by atoms with van der Waals surface area (Å²) >= 11 is 7.09. The van der Waals surface area contributed by atoms with Crippen LogP contribution in [0, 0.1) is 6.92 Å². The van der Waals surface area contributed by atoms with Crippen molar-refractivity contribution in [2.75, 3.05) is 18.2 Å². The van der Waals surface area contributed by atoms with Crippen LogP contribution in [0.3, 0.4) is 0 Å². The zero-order chi connectivity index (χ0) is 19.9. The molecule has 1 N–H and O–H groups in total. The SMILES string of the molecule is COc1ccc(Cl)cc1NC(=O)CSc1nnc(COc2ccc(C)cc2)o1. The number of aromatic nitrogens is 2. The maximum absolute atomic E-state index is 12.2. The molecule has 3 aromatic rings. The summed E-state index contributed by atoms with van der Waals surface area (Å²) in [4.78, 5) is 12.2. The van der Waals surface area contributed by atoms with E-state index in [2.05, 4.69) is 15.5 Å². The maximum Gasteiger partial charge on any atom is 0.277 e. The Hall–Kier alpha value is -2.71. The molecule has 0 bridgehead atoms. The van der Waals surface area contributed by atoms with Crippen molar-refractivity contribution >= 4 is 35.0 Å². The van der Waals surface area contributed by atoms with Crippen LogP contribution in [0.5, 0.6) is 11.5 Å². The molecule has 0 saturated carbocycles. The summed E-state index contributed by atoms with van der Waals surface area (Å²) in [6, 6.07) is 12.6. The van der Waals surface area contributed by atoms with Gasteiger partial charge in [0.25, 0.3) is 11.1 Å². The number of thioether (sulfide) groups is 1. The topological polar surface area (TPSA) is 86.5 Å². The van der Waals surface area contributed by atoms with Gasteiger partial charge in [0.15, 0.2) is 6.61 Å². The van der Waals surface area contributed by atoms with E-state index in [1.165, 1.54) is 7.11 Å². The van der Waals surface area contributed by atoms with E-state index < -0.39 is 0 Å². The maximum atomic E-state index is 12.2. The van der Waals surface area contributed by atoms with Crippen LogP contribution in [0.4, 0.5) is 5.69 Å². The molecule has 0 fully saturated rings. The largest absolute Gasteiger partial charge is 0.495 e. The highest BCUT2D eigenvalue weighted by Gasteiger charge is 2.12. The predicted octanol–water partition coefficient (Wildman–Crippen LogP) is 4.35. The average Bonchev–Trinajstić information content (AvgIpc) is 3.14. The quantitative estimate of drug-likeness (QED) is 0.543. The smallest absolute Gasteiger partial charge is 0.277 e. The summed E-state index contributed by atoms with van der Waals surface area (Å²) in [5.41, 5.74) is 1.65. The number of nitrogens with one attached hydrogen (secondary N) is 1. The Balaban J connectivity index is 1.49. The van der Waals surface area contributed by atoms with Gasteiger partial charge in [-0.25, -0.2) is 0 Å². The number of nitrogens with zero attached hydrogens (tertiary/aromatic N) is 2. The molecule has 7 nitrogen and oxygen atoms in total. The normalized spacial score (nSPS) is 10.5. The number of ether oxygens (including phenoxy) is 2. The number of benzene rings is 2. The first-order chi connectivity index (χ1) is 13.5. The van der Waals surface area contributed by atoms with Crippen LogP contribution in [0.1, 0.15) is 11.5 Å². The van der Waals surface area contributed by atoms with Gasteiger partial charge in [-0.15, -0.1) is 10.2 Å². The predicted molar refractivity (Wildman–Crippen MR) is 107 cm³/mol. The van der Waals surface area contributed by atoms with E-state index in [4.69, 9.17) is 25.5 Å². The number of hydrogen-bond donors (Lipinski definition) is 1. The molecule has 0 aliphatic rings. The Labute approximate surface area is 171 Å². The third-order valence-electron chi connectivity index (χ3n) is 3.59. The molecular formula is C19H18ClN3O4S. The van der Waals surface area contributed by atoms with E-state index >= 15 is 0 Å². The second kappa shape index (κ2) is 9.48.